The fraction of sp³-hybridized carbons (Fsp3) is 0.524. The third-order valence-corrected chi connectivity index (χ3v) is 4.64. The summed E-state index contributed by atoms with van der Waals surface area (Å²) in [4.78, 5) is 20.6. The van der Waals surface area contributed by atoms with Gasteiger partial charge < -0.3 is 15.0 Å². The maximum atomic E-state index is 12.4. The summed E-state index contributed by atoms with van der Waals surface area (Å²) in [6.07, 6.45) is -0.446. The summed E-state index contributed by atoms with van der Waals surface area (Å²) < 4.78 is 6.48. The lowest BCUT2D eigenvalue weighted by Crippen LogP contribution is -2.40. The first-order valence-corrected chi connectivity index (χ1v) is 9.90. The molecular formula is C21H30BrN3O2. The van der Waals surface area contributed by atoms with Crippen molar-refractivity contribution in [3.63, 3.8) is 0 Å². The van der Waals surface area contributed by atoms with Crippen LogP contribution in [0.2, 0.25) is 0 Å². The Labute approximate surface area is 170 Å². The standard InChI is InChI=1S/C21H30BrN3O2/c1-12-11-14(22)9-10-15(12)16-13(2)23-18(24-16)17(20(3,4)5)25-19(26)27-21(6,7)8/h9-11,17H,1-8H3,(H,23,24)(H,25,26). The van der Waals surface area contributed by atoms with E-state index in [-0.39, 0.29) is 11.5 Å². The van der Waals surface area contributed by atoms with Gasteiger partial charge in [-0.3, -0.25) is 0 Å². The van der Waals surface area contributed by atoms with Gasteiger partial charge in [-0.05, 0) is 57.7 Å². The highest BCUT2D eigenvalue weighted by molar-refractivity contribution is 9.10. The predicted octanol–water partition coefficient (Wildman–Crippen LogP) is 6.07. The van der Waals surface area contributed by atoms with Gasteiger partial charge in [-0.15, -0.1) is 0 Å². The van der Waals surface area contributed by atoms with Crippen molar-refractivity contribution in [2.45, 2.75) is 67.0 Å². The molecule has 1 aromatic heterocycles. The number of nitrogens with one attached hydrogen (secondary N) is 2. The van der Waals surface area contributed by atoms with Crippen LogP contribution in [0.4, 0.5) is 4.79 Å². The summed E-state index contributed by atoms with van der Waals surface area (Å²) in [5.41, 5.74) is 3.28. The largest absolute Gasteiger partial charge is 0.444 e. The topological polar surface area (TPSA) is 67.0 Å². The molecular weight excluding hydrogens is 406 g/mol. The van der Waals surface area contributed by atoms with Crippen molar-refractivity contribution >= 4 is 22.0 Å². The fourth-order valence-corrected chi connectivity index (χ4v) is 3.37. The van der Waals surface area contributed by atoms with Crippen LogP contribution in [0.15, 0.2) is 22.7 Å². The number of carbonyl (C=O) groups excluding carboxylic acids is 1. The minimum Gasteiger partial charge on any atom is -0.444 e. The first kappa shape index (κ1) is 21.5. The first-order chi connectivity index (χ1) is 12.3. The Morgan fingerprint density at radius 2 is 1.81 bits per heavy atom. The van der Waals surface area contributed by atoms with E-state index in [0.717, 1.165) is 32.8 Å². The van der Waals surface area contributed by atoms with Gasteiger partial charge in [-0.2, -0.15) is 0 Å². The minimum absolute atomic E-state index is 0.243. The third-order valence-electron chi connectivity index (χ3n) is 4.15. The lowest BCUT2D eigenvalue weighted by molar-refractivity contribution is 0.0458. The van der Waals surface area contributed by atoms with Crippen molar-refractivity contribution in [3.05, 3.63) is 39.8 Å². The van der Waals surface area contributed by atoms with Crippen LogP contribution in [0, 0.1) is 19.3 Å². The molecule has 1 aromatic carbocycles. The molecule has 0 spiro atoms. The van der Waals surface area contributed by atoms with Gasteiger partial charge in [0, 0.05) is 15.7 Å². The van der Waals surface area contributed by atoms with Crippen molar-refractivity contribution in [2.75, 3.05) is 0 Å². The Hall–Kier alpha value is -1.82. The minimum atomic E-state index is -0.550. The number of aromatic nitrogens is 2. The van der Waals surface area contributed by atoms with Gasteiger partial charge in [-0.1, -0.05) is 42.8 Å². The SMILES string of the molecule is Cc1cc(Br)ccc1-c1nc(C(NC(=O)OC(C)(C)C)C(C)(C)C)[nH]c1C. The molecule has 1 heterocycles. The van der Waals surface area contributed by atoms with Crippen molar-refractivity contribution in [1.29, 1.82) is 0 Å². The molecule has 2 N–H and O–H groups in total. The number of imidazole rings is 1. The van der Waals surface area contributed by atoms with Gasteiger partial charge in [0.25, 0.3) is 0 Å². The number of halogens is 1. The van der Waals surface area contributed by atoms with E-state index in [0.29, 0.717) is 0 Å². The van der Waals surface area contributed by atoms with E-state index in [1.807, 2.05) is 33.8 Å². The molecule has 0 saturated carbocycles. The van der Waals surface area contributed by atoms with Gasteiger partial charge in [-0.25, -0.2) is 9.78 Å². The smallest absolute Gasteiger partial charge is 0.408 e. The Balaban J connectivity index is 2.39. The third kappa shape index (κ3) is 5.58. The number of alkyl carbamates (subject to hydrolysis) is 1. The molecule has 0 aliphatic carbocycles. The molecule has 148 valence electrons. The number of ether oxygens (including phenoxy) is 1. The second-order valence-corrected chi connectivity index (χ2v) is 9.92. The molecule has 2 rings (SSSR count). The summed E-state index contributed by atoms with van der Waals surface area (Å²) in [5.74, 6) is 0.725. The average Bonchev–Trinajstić information content (AvgIpc) is 2.83. The number of aromatic amines is 1. The van der Waals surface area contributed by atoms with Gasteiger partial charge in [0.15, 0.2) is 0 Å². The van der Waals surface area contributed by atoms with Crippen LogP contribution in [-0.2, 0) is 4.74 Å². The molecule has 6 heteroatoms. The van der Waals surface area contributed by atoms with Crippen LogP contribution in [-0.4, -0.2) is 21.7 Å². The maximum Gasteiger partial charge on any atom is 0.408 e. The summed E-state index contributed by atoms with van der Waals surface area (Å²) in [5, 5.41) is 2.98. The Morgan fingerprint density at radius 1 is 1.19 bits per heavy atom. The van der Waals surface area contributed by atoms with Crippen LogP contribution in [0.3, 0.4) is 0 Å². The summed E-state index contributed by atoms with van der Waals surface area (Å²) in [6.45, 7) is 15.8. The van der Waals surface area contributed by atoms with Gasteiger partial charge >= 0.3 is 6.09 Å². The number of carbonyl (C=O) groups is 1. The zero-order valence-corrected chi connectivity index (χ0v) is 19.0. The molecule has 1 unspecified atom stereocenters. The van der Waals surface area contributed by atoms with Crippen LogP contribution >= 0.6 is 15.9 Å². The molecule has 2 aromatic rings. The average molecular weight is 436 g/mol. The highest BCUT2D eigenvalue weighted by Crippen LogP contribution is 2.34. The second kappa shape index (κ2) is 7.66. The molecule has 1 amide bonds. The lowest BCUT2D eigenvalue weighted by atomic mass is 9.86. The van der Waals surface area contributed by atoms with E-state index in [1.165, 1.54) is 0 Å². The summed E-state index contributed by atoms with van der Waals surface area (Å²) in [7, 11) is 0. The lowest BCUT2D eigenvalue weighted by Gasteiger charge is -2.31. The highest BCUT2D eigenvalue weighted by atomic mass is 79.9. The van der Waals surface area contributed by atoms with Crippen molar-refractivity contribution in [2.24, 2.45) is 5.41 Å². The molecule has 0 aliphatic heterocycles. The van der Waals surface area contributed by atoms with Crippen LogP contribution in [0.25, 0.3) is 11.3 Å². The molecule has 0 bridgehead atoms. The first-order valence-electron chi connectivity index (χ1n) is 9.10. The predicted molar refractivity (Wildman–Crippen MR) is 113 cm³/mol. The van der Waals surface area contributed by atoms with Gasteiger partial charge in [0.2, 0.25) is 0 Å². The zero-order valence-electron chi connectivity index (χ0n) is 17.5. The van der Waals surface area contributed by atoms with Crippen molar-refractivity contribution in [1.82, 2.24) is 15.3 Å². The van der Waals surface area contributed by atoms with E-state index in [9.17, 15) is 4.79 Å². The molecule has 0 saturated heterocycles. The monoisotopic (exact) mass is 435 g/mol. The van der Waals surface area contributed by atoms with E-state index < -0.39 is 11.7 Å². The van der Waals surface area contributed by atoms with Gasteiger partial charge in [0.05, 0.1) is 11.7 Å². The molecule has 5 nitrogen and oxygen atoms in total. The molecule has 0 radical (unpaired) electrons. The number of benzene rings is 1. The maximum absolute atomic E-state index is 12.4. The second-order valence-electron chi connectivity index (χ2n) is 9.00. The Kier molecular flexibility index (Phi) is 6.10. The number of H-pyrrole nitrogens is 1. The van der Waals surface area contributed by atoms with Crippen LogP contribution in [0.5, 0.6) is 0 Å². The van der Waals surface area contributed by atoms with Crippen LogP contribution < -0.4 is 5.32 Å². The van der Waals surface area contributed by atoms with E-state index in [1.54, 1.807) is 0 Å². The normalized spacial score (nSPS) is 13.4. The molecule has 1 atom stereocenters. The molecule has 27 heavy (non-hydrogen) atoms. The molecule has 0 fully saturated rings. The quantitative estimate of drug-likeness (QED) is 0.614. The number of hydrogen-bond acceptors (Lipinski definition) is 3. The van der Waals surface area contributed by atoms with Crippen molar-refractivity contribution < 1.29 is 9.53 Å². The van der Waals surface area contributed by atoms with E-state index in [2.05, 4.69) is 66.1 Å². The van der Waals surface area contributed by atoms with E-state index in [4.69, 9.17) is 9.72 Å². The van der Waals surface area contributed by atoms with E-state index >= 15 is 0 Å². The highest BCUT2D eigenvalue weighted by Gasteiger charge is 2.32. The number of rotatable bonds is 3. The number of nitrogens with zero attached hydrogens (tertiary/aromatic N) is 1. The number of amides is 1. The van der Waals surface area contributed by atoms with Crippen LogP contribution in [0.1, 0.15) is 64.7 Å². The van der Waals surface area contributed by atoms with Gasteiger partial charge in [0.1, 0.15) is 11.4 Å². The zero-order chi connectivity index (χ0) is 20.6. The summed E-state index contributed by atoms with van der Waals surface area (Å²) >= 11 is 3.50. The summed E-state index contributed by atoms with van der Waals surface area (Å²) in [6, 6.07) is 5.83. The molecule has 0 aliphatic rings. The fourth-order valence-electron chi connectivity index (χ4n) is 2.90. The number of hydrogen-bond donors (Lipinski definition) is 2. The Bertz CT molecular complexity index is 829. The Morgan fingerprint density at radius 3 is 2.33 bits per heavy atom. The van der Waals surface area contributed by atoms with Crippen molar-refractivity contribution in [3.8, 4) is 11.3 Å². The number of aryl methyl sites for hydroxylation is 2.